The number of hydrogen-bond acceptors (Lipinski definition) is 4. The minimum atomic E-state index is -0.828. The molecule has 1 aliphatic rings. The zero-order chi connectivity index (χ0) is 17.8. The van der Waals surface area contributed by atoms with Crippen LogP contribution in [0.2, 0.25) is 0 Å². The normalized spacial score (nSPS) is 17.2. The van der Waals surface area contributed by atoms with Crippen molar-refractivity contribution in [3.05, 3.63) is 59.4 Å². The highest BCUT2D eigenvalue weighted by Crippen LogP contribution is 2.35. The lowest BCUT2D eigenvalue weighted by Crippen LogP contribution is -2.39. The van der Waals surface area contributed by atoms with E-state index < -0.39 is 12.0 Å². The molecule has 0 radical (unpaired) electrons. The van der Waals surface area contributed by atoms with E-state index in [-0.39, 0.29) is 0 Å². The van der Waals surface area contributed by atoms with Crippen molar-refractivity contribution >= 4 is 5.97 Å². The van der Waals surface area contributed by atoms with Crippen LogP contribution in [0, 0.1) is 6.92 Å². The molecule has 1 saturated heterocycles. The summed E-state index contributed by atoms with van der Waals surface area (Å²) in [6.45, 7) is 3.47. The second-order valence-electron chi connectivity index (χ2n) is 6.58. The van der Waals surface area contributed by atoms with Crippen molar-refractivity contribution < 1.29 is 14.6 Å². The number of aryl methyl sites for hydroxylation is 1. The molecule has 0 spiro atoms. The minimum Gasteiger partial charge on any atom is -0.496 e. The van der Waals surface area contributed by atoms with Crippen LogP contribution in [0.25, 0.3) is 0 Å². The molecule has 0 amide bonds. The number of rotatable bonds is 5. The Morgan fingerprint density at radius 2 is 1.92 bits per heavy atom. The zero-order valence-electron chi connectivity index (χ0n) is 14.7. The molecule has 1 aromatic heterocycles. The molecule has 0 bridgehead atoms. The fourth-order valence-electron chi connectivity index (χ4n) is 3.68. The van der Waals surface area contributed by atoms with E-state index in [0.717, 1.165) is 37.1 Å². The summed E-state index contributed by atoms with van der Waals surface area (Å²) < 4.78 is 5.42. The number of nitrogens with zero attached hydrogens (tertiary/aromatic N) is 2. The molecule has 1 fully saturated rings. The number of aromatic nitrogens is 1. The van der Waals surface area contributed by atoms with E-state index in [0.29, 0.717) is 11.7 Å². The summed E-state index contributed by atoms with van der Waals surface area (Å²) in [6, 6.07) is 9.15. The second-order valence-corrected chi connectivity index (χ2v) is 6.58. The molecule has 0 unspecified atom stereocenters. The van der Waals surface area contributed by atoms with E-state index in [9.17, 15) is 9.90 Å². The van der Waals surface area contributed by atoms with Gasteiger partial charge in [-0.05, 0) is 62.5 Å². The predicted octanol–water partition coefficient (Wildman–Crippen LogP) is 3.40. The molecule has 5 nitrogen and oxygen atoms in total. The second kappa shape index (κ2) is 7.66. The molecule has 132 valence electrons. The highest BCUT2D eigenvalue weighted by molar-refractivity contribution is 5.77. The average Bonchev–Trinajstić information content (AvgIpc) is 2.63. The highest BCUT2D eigenvalue weighted by atomic mass is 16.5. The molecule has 1 aromatic carbocycles. The van der Waals surface area contributed by atoms with Crippen molar-refractivity contribution in [1.82, 2.24) is 9.88 Å². The van der Waals surface area contributed by atoms with Gasteiger partial charge in [0.1, 0.15) is 11.8 Å². The Morgan fingerprint density at radius 1 is 1.24 bits per heavy atom. The number of methoxy groups -OCH3 is 1. The van der Waals surface area contributed by atoms with Crippen molar-refractivity contribution in [2.75, 3.05) is 20.2 Å². The Labute approximate surface area is 148 Å². The highest BCUT2D eigenvalue weighted by Gasteiger charge is 2.33. The maximum absolute atomic E-state index is 12.0. The van der Waals surface area contributed by atoms with Crippen LogP contribution in [0.1, 0.15) is 41.5 Å². The third-order valence-electron chi connectivity index (χ3n) is 4.99. The van der Waals surface area contributed by atoms with Crippen molar-refractivity contribution in [1.29, 1.82) is 0 Å². The van der Waals surface area contributed by atoms with Crippen LogP contribution in [0.4, 0.5) is 0 Å². The third kappa shape index (κ3) is 3.82. The minimum absolute atomic E-state index is 0.466. The van der Waals surface area contributed by atoms with Gasteiger partial charge in [0.05, 0.1) is 7.11 Å². The van der Waals surface area contributed by atoms with Gasteiger partial charge < -0.3 is 9.84 Å². The van der Waals surface area contributed by atoms with Gasteiger partial charge in [0.15, 0.2) is 0 Å². The lowest BCUT2D eigenvalue weighted by molar-refractivity contribution is -0.144. The first kappa shape index (κ1) is 17.4. The molecule has 0 aliphatic carbocycles. The van der Waals surface area contributed by atoms with Gasteiger partial charge in [-0.15, -0.1) is 0 Å². The standard InChI is InChI=1S/C20H24N2O3/c1-14-3-4-18(25-2)17(13-14)19(20(23)24)22-11-7-16(8-12-22)15-5-9-21-10-6-15/h3-6,9-10,13,16,19H,7-8,11-12H2,1-2H3,(H,23,24)/t19-/m1/s1. The van der Waals surface area contributed by atoms with E-state index in [1.165, 1.54) is 5.56 Å². The van der Waals surface area contributed by atoms with Crippen molar-refractivity contribution in [2.24, 2.45) is 0 Å². The molecule has 2 aromatic rings. The molecular weight excluding hydrogens is 316 g/mol. The van der Waals surface area contributed by atoms with Gasteiger partial charge in [-0.2, -0.15) is 0 Å². The fraction of sp³-hybridized carbons (Fsp3) is 0.400. The Kier molecular flexibility index (Phi) is 5.34. The first-order valence-corrected chi connectivity index (χ1v) is 8.61. The average molecular weight is 340 g/mol. The van der Waals surface area contributed by atoms with E-state index in [1.807, 2.05) is 37.5 Å². The van der Waals surface area contributed by atoms with Gasteiger partial charge in [0.2, 0.25) is 0 Å². The lowest BCUT2D eigenvalue weighted by atomic mass is 9.88. The molecule has 25 heavy (non-hydrogen) atoms. The number of hydrogen-bond donors (Lipinski definition) is 1. The van der Waals surface area contributed by atoms with E-state index in [2.05, 4.69) is 22.0 Å². The van der Waals surface area contributed by atoms with Crippen LogP contribution in [-0.4, -0.2) is 41.2 Å². The number of aliphatic carboxylic acids is 1. The number of pyridine rings is 1. The summed E-state index contributed by atoms with van der Waals surface area (Å²) >= 11 is 0. The van der Waals surface area contributed by atoms with Crippen LogP contribution in [0.3, 0.4) is 0 Å². The number of piperidine rings is 1. The molecule has 5 heteroatoms. The fourth-order valence-corrected chi connectivity index (χ4v) is 3.68. The molecule has 0 saturated carbocycles. The quantitative estimate of drug-likeness (QED) is 0.904. The van der Waals surface area contributed by atoms with E-state index in [4.69, 9.17) is 4.74 Å². The number of benzene rings is 1. The van der Waals surface area contributed by atoms with Crippen LogP contribution in [-0.2, 0) is 4.79 Å². The number of carbonyl (C=O) groups is 1. The Hall–Kier alpha value is -2.40. The molecule has 1 atom stereocenters. The van der Waals surface area contributed by atoms with Crippen molar-refractivity contribution in [3.63, 3.8) is 0 Å². The van der Waals surface area contributed by atoms with Crippen molar-refractivity contribution in [3.8, 4) is 5.75 Å². The SMILES string of the molecule is COc1ccc(C)cc1[C@H](C(=O)O)N1CCC(c2ccncc2)CC1. The van der Waals surface area contributed by atoms with Gasteiger partial charge in [0, 0.05) is 18.0 Å². The predicted molar refractivity (Wildman–Crippen MR) is 95.9 cm³/mol. The summed E-state index contributed by atoms with van der Waals surface area (Å²) in [6.07, 6.45) is 5.53. The number of carboxylic acid groups (broad SMARTS) is 1. The van der Waals surface area contributed by atoms with Crippen molar-refractivity contribution in [2.45, 2.75) is 31.7 Å². The van der Waals surface area contributed by atoms with Crippen LogP contribution in [0.15, 0.2) is 42.7 Å². The largest absolute Gasteiger partial charge is 0.496 e. The molecule has 2 heterocycles. The Morgan fingerprint density at radius 3 is 2.52 bits per heavy atom. The molecule has 3 rings (SSSR count). The topological polar surface area (TPSA) is 62.7 Å². The first-order chi connectivity index (χ1) is 12.1. The van der Waals surface area contributed by atoms with Crippen LogP contribution in [0.5, 0.6) is 5.75 Å². The molecule has 1 N–H and O–H groups in total. The maximum atomic E-state index is 12.0. The van der Waals surface area contributed by atoms with E-state index >= 15 is 0 Å². The Bertz CT molecular complexity index is 725. The maximum Gasteiger partial charge on any atom is 0.325 e. The summed E-state index contributed by atoms with van der Waals surface area (Å²) in [5.41, 5.74) is 3.06. The first-order valence-electron chi connectivity index (χ1n) is 8.61. The monoisotopic (exact) mass is 340 g/mol. The van der Waals surface area contributed by atoms with Crippen LogP contribution < -0.4 is 4.74 Å². The van der Waals surface area contributed by atoms with Gasteiger partial charge in [-0.3, -0.25) is 14.7 Å². The summed E-state index contributed by atoms with van der Waals surface area (Å²) in [7, 11) is 1.59. The number of likely N-dealkylation sites (tertiary alicyclic amines) is 1. The third-order valence-corrected chi connectivity index (χ3v) is 4.99. The molecule has 1 aliphatic heterocycles. The molecular formula is C20H24N2O3. The Balaban J connectivity index is 1.80. The van der Waals surface area contributed by atoms with E-state index in [1.54, 1.807) is 7.11 Å². The summed E-state index contributed by atoms with van der Waals surface area (Å²) in [5, 5.41) is 9.87. The van der Waals surface area contributed by atoms with Gasteiger partial charge in [-0.1, -0.05) is 17.7 Å². The zero-order valence-corrected chi connectivity index (χ0v) is 14.7. The smallest absolute Gasteiger partial charge is 0.325 e. The summed E-state index contributed by atoms with van der Waals surface area (Å²) in [4.78, 5) is 18.1. The number of ether oxygens (including phenoxy) is 1. The van der Waals surface area contributed by atoms with Gasteiger partial charge >= 0.3 is 5.97 Å². The van der Waals surface area contributed by atoms with Gasteiger partial charge in [0.25, 0.3) is 0 Å². The lowest BCUT2D eigenvalue weighted by Gasteiger charge is -2.36. The number of carboxylic acids is 1. The van der Waals surface area contributed by atoms with Crippen LogP contribution >= 0.6 is 0 Å². The van der Waals surface area contributed by atoms with Gasteiger partial charge in [-0.25, -0.2) is 0 Å². The summed E-state index contributed by atoms with van der Waals surface area (Å²) in [5.74, 6) is 0.272.